The normalized spacial score (nSPS) is 16.7. The number of nitrogens with zero attached hydrogens (tertiary/aromatic N) is 2. The molecular formula is C29H28N4O3. The van der Waals surface area contributed by atoms with E-state index in [1.807, 2.05) is 75.4 Å². The Morgan fingerprint density at radius 3 is 2.36 bits per heavy atom. The van der Waals surface area contributed by atoms with E-state index in [4.69, 9.17) is 9.84 Å². The molecule has 0 unspecified atom stereocenters. The first-order chi connectivity index (χ1) is 17.5. The molecule has 7 nitrogen and oxygen atoms in total. The van der Waals surface area contributed by atoms with Crippen molar-refractivity contribution in [2.24, 2.45) is 0 Å². The molecule has 36 heavy (non-hydrogen) atoms. The van der Waals surface area contributed by atoms with Crippen molar-refractivity contribution in [3.8, 4) is 11.4 Å². The van der Waals surface area contributed by atoms with Gasteiger partial charge in [0.25, 0.3) is 5.91 Å². The maximum Gasteiger partial charge on any atom is 0.251 e. The number of fused-ring (bicyclic) bond motifs is 1. The molecule has 1 aliphatic rings. The van der Waals surface area contributed by atoms with Crippen molar-refractivity contribution in [1.29, 1.82) is 0 Å². The van der Waals surface area contributed by atoms with Crippen LogP contribution < -0.4 is 15.4 Å². The van der Waals surface area contributed by atoms with E-state index >= 15 is 0 Å². The maximum absolute atomic E-state index is 13.5. The van der Waals surface area contributed by atoms with Gasteiger partial charge in [0.05, 0.1) is 18.0 Å². The Morgan fingerprint density at radius 1 is 1.00 bits per heavy atom. The molecule has 0 saturated carbocycles. The van der Waals surface area contributed by atoms with Crippen molar-refractivity contribution in [2.45, 2.75) is 32.7 Å². The van der Waals surface area contributed by atoms with Gasteiger partial charge in [-0.1, -0.05) is 48.0 Å². The number of benzene rings is 3. The summed E-state index contributed by atoms with van der Waals surface area (Å²) in [5.74, 6) is 0.332. The molecule has 2 heterocycles. The van der Waals surface area contributed by atoms with Crippen LogP contribution in [-0.4, -0.2) is 34.2 Å². The molecule has 2 amide bonds. The Hall–Kier alpha value is -4.39. The number of aryl methyl sites for hydroxylation is 2. The van der Waals surface area contributed by atoms with Crippen molar-refractivity contribution in [3.63, 3.8) is 0 Å². The van der Waals surface area contributed by atoms with Gasteiger partial charge in [-0.05, 0) is 62.7 Å². The monoisotopic (exact) mass is 480 g/mol. The molecule has 1 aliphatic heterocycles. The lowest BCUT2D eigenvalue weighted by atomic mass is 9.81. The van der Waals surface area contributed by atoms with Crippen LogP contribution in [0.15, 0.2) is 78.9 Å². The predicted molar refractivity (Wildman–Crippen MR) is 139 cm³/mol. The van der Waals surface area contributed by atoms with Gasteiger partial charge in [0.15, 0.2) is 0 Å². The summed E-state index contributed by atoms with van der Waals surface area (Å²) in [5, 5.41) is 10.8. The van der Waals surface area contributed by atoms with E-state index in [-0.39, 0.29) is 11.8 Å². The van der Waals surface area contributed by atoms with Crippen LogP contribution in [0.2, 0.25) is 0 Å². The average molecular weight is 481 g/mol. The maximum atomic E-state index is 13.5. The fourth-order valence-corrected chi connectivity index (χ4v) is 4.68. The van der Waals surface area contributed by atoms with Gasteiger partial charge in [0.1, 0.15) is 17.6 Å². The number of nitrogens with one attached hydrogen (secondary N) is 2. The second kappa shape index (κ2) is 9.70. The Labute approximate surface area is 210 Å². The number of hydrogen-bond acceptors (Lipinski definition) is 4. The van der Waals surface area contributed by atoms with E-state index < -0.39 is 12.0 Å². The van der Waals surface area contributed by atoms with Crippen molar-refractivity contribution in [2.75, 3.05) is 11.9 Å². The highest BCUT2D eigenvalue weighted by Crippen LogP contribution is 2.41. The molecule has 0 radical (unpaired) electrons. The molecular weight excluding hydrogens is 452 g/mol. The minimum atomic E-state index is -0.822. The van der Waals surface area contributed by atoms with E-state index in [0.717, 1.165) is 33.8 Å². The standard InChI is InChI=1S/C29H28N4O3/c1-4-36-23-16-12-20(13-17-23)25-24-19(3)32-33(22-14-10-18(2)11-15-22)27(24)31-29(35)26(25)30-28(34)21-8-6-5-7-9-21/h5-17,25-26H,4H2,1-3H3,(H,30,34)(H,31,35)/t25-,26-/m0/s1. The topological polar surface area (TPSA) is 85.2 Å². The second-order valence-electron chi connectivity index (χ2n) is 8.88. The zero-order chi connectivity index (χ0) is 25.2. The second-order valence-corrected chi connectivity index (χ2v) is 8.88. The van der Waals surface area contributed by atoms with Crippen molar-refractivity contribution in [3.05, 3.63) is 107 Å². The van der Waals surface area contributed by atoms with Gasteiger partial charge in [0, 0.05) is 17.0 Å². The lowest BCUT2D eigenvalue weighted by Crippen LogP contribution is -2.50. The zero-order valence-electron chi connectivity index (χ0n) is 20.5. The van der Waals surface area contributed by atoms with E-state index in [9.17, 15) is 9.59 Å². The van der Waals surface area contributed by atoms with Crippen LogP contribution in [0.3, 0.4) is 0 Å². The molecule has 7 heteroatoms. The minimum absolute atomic E-state index is 0.293. The Morgan fingerprint density at radius 2 is 1.69 bits per heavy atom. The smallest absolute Gasteiger partial charge is 0.251 e. The number of carbonyl (C=O) groups excluding carboxylic acids is 2. The van der Waals surface area contributed by atoms with Crippen LogP contribution in [-0.2, 0) is 4.79 Å². The lowest BCUT2D eigenvalue weighted by molar-refractivity contribution is -0.118. The van der Waals surface area contributed by atoms with Crippen LogP contribution >= 0.6 is 0 Å². The SMILES string of the molecule is CCOc1ccc([C@H]2c3c(C)nn(-c4ccc(C)cc4)c3NC(=O)[C@H]2NC(=O)c2ccccc2)cc1. The van der Waals surface area contributed by atoms with Crippen LogP contribution in [0, 0.1) is 13.8 Å². The molecule has 0 spiro atoms. The van der Waals surface area contributed by atoms with Crippen LogP contribution in [0.1, 0.15) is 45.6 Å². The van der Waals surface area contributed by atoms with Gasteiger partial charge in [-0.25, -0.2) is 4.68 Å². The fraction of sp³-hybridized carbons (Fsp3) is 0.207. The molecule has 1 aromatic heterocycles. The first-order valence-corrected chi connectivity index (χ1v) is 12.0. The van der Waals surface area contributed by atoms with Gasteiger partial charge in [-0.3, -0.25) is 9.59 Å². The van der Waals surface area contributed by atoms with E-state index in [1.165, 1.54) is 0 Å². The summed E-state index contributed by atoms with van der Waals surface area (Å²) in [6.45, 7) is 6.45. The molecule has 2 atom stereocenters. The number of aromatic nitrogens is 2. The van der Waals surface area contributed by atoms with Gasteiger partial charge in [-0.15, -0.1) is 0 Å². The largest absolute Gasteiger partial charge is 0.494 e. The first-order valence-electron chi connectivity index (χ1n) is 12.0. The Kier molecular flexibility index (Phi) is 6.29. The minimum Gasteiger partial charge on any atom is -0.494 e. The Balaban J connectivity index is 1.61. The van der Waals surface area contributed by atoms with E-state index in [0.29, 0.717) is 18.0 Å². The zero-order valence-corrected chi connectivity index (χ0v) is 20.5. The van der Waals surface area contributed by atoms with Gasteiger partial charge in [-0.2, -0.15) is 5.10 Å². The highest BCUT2D eigenvalue weighted by Gasteiger charge is 2.41. The summed E-state index contributed by atoms with van der Waals surface area (Å²) >= 11 is 0. The number of anilines is 1. The predicted octanol–water partition coefficient (Wildman–Crippen LogP) is 4.77. The lowest BCUT2D eigenvalue weighted by Gasteiger charge is -2.33. The van der Waals surface area contributed by atoms with Crippen molar-refractivity contribution < 1.29 is 14.3 Å². The fourth-order valence-electron chi connectivity index (χ4n) is 4.68. The Bertz CT molecular complexity index is 1390. The molecule has 0 fully saturated rings. The number of rotatable bonds is 6. The van der Waals surface area contributed by atoms with Gasteiger partial charge in [0.2, 0.25) is 5.91 Å². The quantitative estimate of drug-likeness (QED) is 0.416. The molecule has 5 rings (SSSR count). The summed E-state index contributed by atoms with van der Waals surface area (Å²) in [6.07, 6.45) is 0. The van der Waals surface area contributed by atoms with Crippen molar-refractivity contribution >= 4 is 17.6 Å². The number of ether oxygens (including phenoxy) is 1. The van der Waals surface area contributed by atoms with E-state index in [2.05, 4.69) is 10.6 Å². The molecule has 4 aromatic rings. The third-order valence-electron chi connectivity index (χ3n) is 6.43. The summed E-state index contributed by atoms with van der Waals surface area (Å²) in [4.78, 5) is 26.6. The number of carbonyl (C=O) groups is 2. The molecule has 182 valence electrons. The molecule has 2 N–H and O–H groups in total. The summed E-state index contributed by atoms with van der Waals surface area (Å²) < 4.78 is 7.38. The van der Waals surface area contributed by atoms with Crippen LogP contribution in [0.25, 0.3) is 5.69 Å². The molecule has 0 aliphatic carbocycles. The first kappa shape index (κ1) is 23.4. The molecule has 0 saturated heterocycles. The van der Waals surface area contributed by atoms with Crippen LogP contribution in [0.5, 0.6) is 5.75 Å². The summed E-state index contributed by atoms with van der Waals surface area (Å²) in [7, 11) is 0. The van der Waals surface area contributed by atoms with Crippen LogP contribution in [0.4, 0.5) is 5.82 Å². The summed E-state index contributed by atoms with van der Waals surface area (Å²) in [5.41, 5.74) is 5.02. The number of hydrogen-bond donors (Lipinski definition) is 2. The van der Waals surface area contributed by atoms with Gasteiger partial charge >= 0.3 is 0 Å². The number of amides is 2. The highest BCUT2D eigenvalue weighted by atomic mass is 16.5. The van der Waals surface area contributed by atoms with Gasteiger partial charge < -0.3 is 15.4 Å². The third-order valence-corrected chi connectivity index (χ3v) is 6.43. The third kappa shape index (κ3) is 4.35. The molecule has 3 aromatic carbocycles. The van der Waals surface area contributed by atoms with Crippen molar-refractivity contribution in [1.82, 2.24) is 15.1 Å². The highest BCUT2D eigenvalue weighted by molar-refractivity contribution is 6.04. The summed E-state index contributed by atoms with van der Waals surface area (Å²) in [6, 6.07) is 23.7. The average Bonchev–Trinajstić information content (AvgIpc) is 3.21. The van der Waals surface area contributed by atoms with E-state index in [1.54, 1.807) is 28.9 Å². The molecule has 0 bridgehead atoms.